The monoisotopic (exact) mass is 395 g/mol. The van der Waals surface area contributed by atoms with Crippen LogP contribution in [0.5, 0.6) is 11.5 Å². The van der Waals surface area contributed by atoms with Gasteiger partial charge in [0, 0.05) is 5.56 Å². The zero-order chi connectivity index (χ0) is 18.1. The highest BCUT2D eigenvalue weighted by Crippen LogP contribution is 2.37. The first-order valence-corrected chi connectivity index (χ1v) is 8.64. The minimum Gasteiger partial charge on any atom is -0.504 e. The number of imide groups is 1. The number of phenols is 2. The third-order valence-corrected chi connectivity index (χ3v) is 5.18. The van der Waals surface area contributed by atoms with E-state index < -0.39 is 11.1 Å². The van der Waals surface area contributed by atoms with Crippen molar-refractivity contribution in [2.45, 2.75) is 6.54 Å². The summed E-state index contributed by atoms with van der Waals surface area (Å²) >= 11 is 12.6. The third kappa shape index (κ3) is 3.61. The van der Waals surface area contributed by atoms with Gasteiger partial charge in [-0.05, 0) is 41.6 Å². The normalized spacial score (nSPS) is 16.1. The largest absolute Gasteiger partial charge is 0.504 e. The Morgan fingerprint density at radius 2 is 1.84 bits per heavy atom. The predicted molar refractivity (Wildman–Crippen MR) is 97.7 cm³/mol. The SMILES string of the molecule is O=C1S/C(=C\c2cccc(O)c2O)C(=O)N1Cc1ccc(Cl)c(Cl)c1. The Bertz CT molecular complexity index is 914. The molecule has 1 aliphatic rings. The van der Waals surface area contributed by atoms with Gasteiger partial charge in [-0.15, -0.1) is 0 Å². The van der Waals surface area contributed by atoms with Crippen molar-refractivity contribution < 1.29 is 19.8 Å². The summed E-state index contributed by atoms with van der Waals surface area (Å²) in [6.07, 6.45) is 1.37. The van der Waals surface area contributed by atoms with Crippen LogP contribution in [0.3, 0.4) is 0 Å². The van der Waals surface area contributed by atoms with E-state index in [0.717, 1.165) is 16.7 Å². The summed E-state index contributed by atoms with van der Waals surface area (Å²) < 4.78 is 0. The van der Waals surface area contributed by atoms with E-state index in [9.17, 15) is 19.8 Å². The summed E-state index contributed by atoms with van der Waals surface area (Å²) in [5, 5.41) is 19.6. The maximum Gasteiger partial charge on any atom is 0.293 e. The van der Waals surface area contributed by atoms with Gasteiger partial charge in [0.2, 0.25) is 0 Å². The van der Waals surface area contributed by atoms with Crippen LogP contribution in [0.2, 0.25) is 10.0 Å². The fraction of sp³-hybridized carbons (Fsp3) is 0.0588. The van der Waals surface area contributed by atoms with E-state index in [2.05, 4.69) is 0 Å². The number of carbonyl (C=O) groups excluding carboxylic acids is 2. The van der Waals surface area contributed by atoms with E-state index in [1.54, 1.807) is 18.2 Å². The Labute approximate surface area is 157 Å². The summed E-state index contributed by atoms with van der Waals surface area (Å²) in [7, 11) is 0. The molecule has 0 aromatic heterocycles. The quantitative estimate of drug-likeness (QED) is 0.584. The molecule has 5 nitrogen and oxygen atoms in total. The maximum atomic E-state index is 12.5. The number of hydrogen-bond donors (Lipinski definition) is 2. The van der Waals surface area contributed by atoms with E-state index in [1.807, 2.05) is 0 Å². The zero-order valence-corrected chi connectivity index (χ0v) is 14.9. The molecule has 0 aliphatic carbocycles. The Balaban J connectivity index is 1.86. The second kappa shape index (κ2) is 7.00. The first-order chi connectivity index (χ1) is 11.9. The van der Waals surface area contributed by atoms with Gasteiger partial charge >= 0.3 is 0 Å². The molecule has 0 saturated carbocycles. The molecular weight excluding hydrogens is 385 g/mol. The van der Waals surface area contributed by atoms with Gasteiger partial charge in [0.25, 0.3) is 11.1 Å². The number of carbonyl (C=O) groups is 2. The van der Waals surface area contributed by atoms with Crippen LogP contribution < -0.4 is 0 Å². The Morgan fingerprint density at radius 1 is 1.08 bits per heavy atom. The molecule has 1 aliphatic heterocycles. The van der Waals surface area contributed by atoms with E-state index in [4.69, 9.17) is 23.2 Å². The lowest BCUT2D eigenvalue weighted by Crippen LogP contribution is -2.27. The molecule has 0 spiro atoms. The number of amides is 2. The molecule has 0 radical (unpaired) electrons. The van der Waals surface area contributed by atoms with Gasteiger partial charge in [0.05, 0.1) is 21.5 Å². The molecule has 2 amide bonds. The minimum atomic E-state index is -0.483. The second-order valence-corrected chi connectivity index (χ2v) is 7.04. The van der Waals surface area contributed by atoms with Gasteiger partial charge in [-0.2, -0.15) is 0 Å². The molecule has 1 heterocycles. The van der Waals surface area contributed by atoms with Crippen molar-refractivity contribution in [3.63, 3.8) is 0 Å². The van der Waals surface area contributed by atoms with Gasteiger partial charge in [-0.3, -0.25) is 14.5 Å². The summed E-state index contributed by atoms with van der Waals surface area (Å²) in [6, 6.07) is 9.25. The Morgan fingerprint density at radius 3 is 2.56 bits per heavy atom. The van der Waals surface area contributed by atoms with Crippen molar-refractivity contribution in [2.75, 3.05) is 0 Å². The smallest absolute Gasteiger partial charge is 0.293 e. The molecule has 2 N–H and O–H groups in total. The number of rotatable bonds is 3. The molecule has 25 heavy (non-hydrogen) atoms. The number of para-hydroxylation sites is 1. The fourth-order valence-electron chi connectivity index (χ4n) is 2.26. The number of phenolic OH excluding ortho intramolecular Hbond substituents is 2. The molecule has 0 atom stereocenters. The number of thioether (sulfide) groups is 1. The van der Waals surface area contributed by atoms with Crippen molar-refractivity contribution in [3.05, 3.63) is 62.5 Å². The molecule has 8 heteroatoms. The predicted octanol–water partition coefficient (Wildman–Crippen LogP) is 4.64. The van der Waals surface area contributed by atoms with Crippen LogP contribution in [-0.4, -0.2) is 26.3 Å². The maximum absolute atomic E-state index is 12.5. The molecule has 2 aromatic rings. The average Bonchev–Trinajstić information content (AvgIpc) is 2.83. The van der Waals surface area contributed by atoms with Crippen LogP contribution >= 0.6 is 35.0 Å². The third-order valence-electron chi connectivity index (χ3n) is 3.53. The van der Waals surface area contributed by atoms with Crippen LogP contribution in [0.1, 0.15) is 11.1 Å². The molecule has 1 saturated heterocycles. The highest BCUT2D eigenvalue weighted by Gasteiger charge is 2.35. The number of benzene rings is 2. The van der Waals surface area contributed by atoms with E-state index in [-0.39, 0.29) is 28.5 Å². The van der Waals surface area contributed by atoms with Crippen LogP contribution in [0.4, 0.5) is 4.79 Å². The second-order valence-electron chi connectivity index (χ2n) is 5.23. The van der Waals surface area contributed by atoms with Crippen LogP contribution in [-0.2, 0) is 11.3 Å². The van der Waals surface area contributed by atoms with E-state index >= 15 is 0 Å². The molecule has 128 valence electrons. The van der Waals surface area contributed by atoms with Crippen molar-refractivity contribution in [3.8, 4) is 11.5 Å². The first kappa shape index (κ1) is 17.7. The first-order valence-electron chi connectivity index (χ1n) is 7.07. The van der Waals surface area contributed by atoms with Gasteiger partial charge in [-0.25, -0.2) is 0 Å². The van der Waals surface area contributed by atoms with Gasteiger partial charge in [0.15, 0.2) is 11.5 Å². The number of nitrogens with zero attached hydrogens (tertiary/aromatic N) is 1. The molecule has 0 bridgehead atoms. The van der Waals surface area contributed by atoms with Crippen LogP contribution in [0.25, 0.3) is 6.08 Å². The van der Waals surface area contributed by atoms with Crippen molar-refractivity contribution >= 4 is 52.2 Å². The van der Waals surface area contributed by atoms with Crippen molar-refractivity contribution in [2.24, 2.45) is 0 Å². The van der Waals surface area contributed by atoms with Crippen LogP contribution in [0.15, 0.2) is 41.3 Å². The summed E-state index contributed by atoms with van der Waals surface area (Å²) in [5.41, 5.74) is 0.915. The summed E-state index contributed by atoms with van der Waals surface area (Å²) in [6.45, 7) is 0.0604. The average molecular weight is 396 g/mol. The van der Waals surface area contributed by atoms with Gasteiger partial charge in [-0.1, -0.05) is 41.4 Å². The van der Waals surface area contributed by atoms with Gasteiger partial charge in [0.1, 0.15) is 0 Å². The lowest BCUT2D eigenvalue weighted by molar-refractivity contribution is -0.123. The topological polar surface area (TPSA) is 77.8 Å². The number of hydrogen-bond acceptors (Lipinski definition) is 5. The highest BCUT2D eigenvalue weighted by atomic mass is 35.5. The Hall–Kier alpha value is -2.15. The fourth-order valence-corrected chi connectivity index (χ4v) is 3.41. The highest BCUT2D eigenvalue weighted by molar-refractivity contribution is 8.18. The summed E-state index contributed by atoms with van der Waals surface area (Å²) in [5.74, 6) is -1.13. The van der Waals surface area contributed by atoms with Crippen LogP contribution in [0, 0.1) is 0 Å². The molecular formula is C17H11Cl2NO4S. The number of halogens is 2. The van der Waals surface area contributed by atoms with Crippen molar-refractivity contribution in [1.82, 2.24) is 4.90 Å². The number of aromatic hydroxyl groups is 2. The molecule has 0 unspecified atom stereocenters. The van der Waals surface area contributed by atoms with Crippen molar-refractivity contribution in [1.29, 1.82) is 0 Å². The lowest BCUT2D eigenvalue weighted by Gasteiger charge is -2.13. The zero-order valence-electron chi connectivity index (χ0n) is 12.6. The Kier molecular flexibility index (Phi) is 4.94. The van der Waals surface area contributed by atoms with Gasteiger partial charge < -0.3 is 10.2 Å². The molecule has 2 aromatic carbocycles. The minimum absolute atomic E-state index is 0.0604. The molecule has 1 fully saturated rings. The lowest BCUT2D eigenvalue weighted by atomic mass is 10.1. The standard InChI is InChI=1S/C17H11Cl2NO4S/c18-11-5-4-9(6-12(11)19)8-20-16(23)14(25-17(20)24)7-10-2-1-3-13(21)15(10)22/h1-7,21-22H,8H2/b14-7-. The van der Waals surface area contributed by atoms with E-state index in [1.165, 1.54) is 24.3 Å². The summed E-state index contributed by atoms with van der Waals surface area (Å²) in [4.78, 5) is 25.9. The van der Waals surface area contributed by atoms with E-state index in [0.29, 0.717) is 15.6 Å². The molecule has 3 rings (SSSR count).